The summed E-state index contributed by atoms with van der Waals surface area (Å²) >= 11 is 6.13. The van der Waals surface area contributed by atoms with Gasteiger partial charge in [-0.25, -0.2) is 19.9 Å². The number of aromatic hydroxyl groups is 1. The zero-order valence-electron chi connectivity index (χ0n) is 28.9. The molecule has 0 atom stereocenters. The highest BCUT2D eigenvalue weighted by molar-refractivity contribution is 6.33. The van der Waals surface area contributed by atoms with E-state index in [9.17, 15) is 32.7 Å². The van der Waals surface area contributed by atoms with Crippen LogP contribution in [0.4, 0.5) is 30.4 Å². The Morgan fingerprint density at radius 1 is 1.13 bits per heavy atom. The van der Waals surface area contributed by atoms with Crippen LogP contribution in [-0.2, 0) is 28.7 Å². The van der Waals surface area contributed by atoms with Crippen molar-refractivity contribution < 1.29 is 32.6 Å². The first-order valence-corrected chi connectivity index (χ1v) is 17.0. The number of pyridine rings is 1. The zero-order chi connectivity index (χ0) is 37.5. The third kappa shape index (κ3) is 7.06. The molecular weight excluding hydrogens is 707 g/mol. The van der Waals surface area contributed by atoms with Crippen molar-refractivity contribution in [1.29, 1.82) is 0 Å². The Morgan fingerprint density at radius 3 is 2.48 bits per heavy atom. The molecule has 14 nitrogen and oxygen atoms in total. The Bertz CT molecular complexity index is 2080. The van der Waals surface area contributed by atoms with Gasteiger partial charge in [0.05, 0.1) is 34.3 Å². The van der Waals surface area contributed by atoms with E-state index in [0.717, 1.165) is 31.0 Å². The Balaban J connectivity index is 1.35. The molecule has 1 aliphatic carbocycles. The van der Waals surface area contributed by atoms with E-state index in [4.69, 9.17) is 21.3 Å². The van der Waals surface area contributed by atoms with Gasteiger partial charge in [0.15, 0.2) is 22.6 Å². The first-order valence-electron chi connectivity index (χ1n) is 16.6. The van der Waals surface area contributed by atoms with Gasteiger partial charge < -0.3 is 34.4 Å². The summed E-state index contributed by atoms with van der Waals surface area (Å²) in [7, 11) is 3.52. The quantitative estimate of drug-likeness (QED) is 0.255. The number of benzene rings is 1. The van der Waals surface area contributed by atoms with Crippen LogP contribution in [0.1, 0.15) is 47.2 Å². The van der Waals surface area contributed by atoms with Crippen molar-refractivity contribution in [1.82, 2.24) is 29.4 Å². The van der Waals surface area contributed by atoms with E-state index in [0.29, 0.717) is 23.6 Å². The van der Waals surface area contributed by atoms with Crippen molar-refractivity contribution in [2.45, 2.75) is 58.0 Å². The first-order chi connectivity index (χ1) is 24.7. The highest BCUT2D eigenvalue weighted by atomic mass is 35.5. The van der Waals surface area contributed by atoms with Crippen LogP contribution in [-0.4, -0.2) is 98.8 Å². The summed E-state index contributed by atoms with van der Waals surface area (Å²) in [6.45, 7) is 3.91. The van der Waals surface area contributed by atoms with Crippen molar-refractivity contribution in [2.24, 2.45) is 0 Å². The fourth-order valence-electron chi connectivity index (χ4n) is 6.51. The monoisotopic (exact) mass is 743 g/mol. The van der Waals surface area contributed by atoms with Gasteiger partial charge in [0.2, 0.25) is 11.3 Å². The van der Waals surface area contributed by atoms with E-state index in [1.165, 1.54) is 17.4 Å². The number of aromatic nitrogens is 5. The van der Waals surface area contributed by atoms with Crippen molar-refractivity contribution in [3.05, 3.63) is 68.6 Å². The van der Waals surface area contributed by atoms with Gasteiger partial charge in [-0.15, -0.1) is 0 Å². The Hall–Kier alpha value is -5.03. The lowest BCUT2D eigenvalue weighted by Crippen LogP contribution is -2.50. The van der Waals surface area contributed by atoms with E-state index in [-0.39, 0.29) is 83.9 Å². The summed E-state index contributed by atoms with van der Waals surface area (Å²) in [6, 6.07) is 2.76. The second-order valence-electron chi connectivity index (χ2n) is 12.7. The van der Waals surface area contributed by atoms with Crippen molar-refractivity contribution in [2.75, 3.05) is 55.5 Å². The van der Waals surface area contributed by atoms with Crippen LogP contribution < -0.4 is 20.5 Å². The predicted octanol–water partition coefficient (Wildman–Crippen LogP) is 4.04. The number of amides is 2. The number of ether oxygens (including phenoxy) is 1. The number of anilines is 3. The number of carbonyl (C=O) groups excluding carboxylic acids is 2. The van der Waals surface area contributed by atoms with Gasteiger partial charge in [-0.1, -0.05) is 18.5 Å². The molecule has 0 unspecified atom stereocenters. The maximum absolute atomic E-state index is 14.4. The van der Waals surface area contributed by atoms with E-state index in [1.54, 1.807) is 18.6 Å². The minimum absolute atomic E-state index is 0.0150. The summed E-state index contributed by atoms with van der Waals surface area (Å²) in [5.41, 5.74) is -0.259. The second-order valence-corrected chi connectivity index (χ2v) is 13.1. The second kappa shape index (κ2) is 14.5. The Kier molecular flexibility index (Phi) is 10.3. The summed E-state index contributed by atoms with van der Waals surface area (Å²) in [5, 5.41) is 12.7. The molecule has 276 valence electrons. The Labute approximate surface area is 301 Å². The summed E-state index contributed by atoms with van der Waals surface area (Å²) in [5.74, 6) is -0.929. The van der Waals surface area contributed by atoms with E-state index in [1.807, 2.05) is 23.8 Å². The highest BCUT2D eigenvalue weighted by Crippen LogP contribution is 2.34. The van der Waals surface area contributed by atoms with Crippen molar-refractivity contribution in [3.63, 3.8) is 0 Å². The molecule has 2 amide bonds. The number of piperazine rings is 1. The first kappa shape index (κ1) is 36.8. The van der Waals surface area contributed by atoms with Gasteiger partial charge in [-0.2, -0.15) is 13.2 Å². The molecule has 0 bridgehead atoms. The van der Waals surface area contributed by atoms with Crippen LogP contribution in [0.15, 0.2) is 35.5 Å². The molecule has 1 saturated heterocycles. The molecule has 4 heterocycles. The lowest BCUT2D eigenvalue weighted by atomic mass is 9.88. The molecule has 0 spiro atoms. The number of fused-ring (bicyclic) bond motifs is 1. The average molecular weight is 744 g/mol. The SMILES string of the molecule is CCc1c(N2CCN(C(=O)c3ncnc(C)c3O)CC2)c(=O)c2nc(N(C)C3CC(OC)C3)cnc2n1CC(=O)Nc1ccc(C(F)(F)F)cc1Cl. The number of carbonyl (C=O) groups is 2. The molecule has 4 aromatic rings. The Morgan fingerprint density at radius 2 is 1.85 bits per heavy atom. The van der Waals surface area contributed by atoms with Crippen molar-refractivity contribution >= 4 is 51.8 Å². The molecule has 52 heavy (non-hydrogen) atoms. The molecule has 2 aliphatic rings. The highest BCUT2D eigenvalue weighted by Gasteiger charge is 2.35. The van der Waals surface area contributed by atoms with Gasteiger partial charge in [0, 0.05) is 52.1 Å². The van der Waals surface area contributed by atoms with Gasteiger partial charge in [-0.05, 0) is 44.4 Å². The molecule has 1 saturated carbocycles. The molecule has 2 N–H and O–H groups in total. The summed E-state index contributed by atoms with van der Waals surface area (Å²) < 4.78 is 46.7. The fourth-order valence-corrected chi connectivity index (χ4v) is 6.74. The van der Waals surface area contributed by atoms with Crippen LogP contribution in [0.2, 0.25) is 5.02 Å². The van der Waals surface area contributed by atoms with Crippen LogP contribution in [0.25, 0.3) is 11.2 Å². The standard InChI is InChI=1S/C34H37ClF3N9O5/c1-5-24-29(45-8-10-46(11-9-45)33(51)28-30(49)18(2)40-17-41-28)31(50)27-32(39-15-25(43-27)44(3)20-13-21(14-20)52-4)47(24)16-26(48)42-23-7-6-19(12-22(23)35)34(36,37)38/h6-7,12,15,17,20-21,49H,5,8-11,13-14,16H2,1-4H3,(H,42,48). The van der Waals surface area contributed by atoms with Crippen LogP contribution in [0.5, 0.6) is 5.75 Å². The third-order valence-electron chi connectivity index (χ3n) is 9.64. The smallest absolute Gasteiger partial charge is 0.416 e. The lowest BCUT2D eigenvalue weighted by Gasteiger charge is -2.40. The molecule has 0 radical (unpaired) electrons. The average Bonchev–Trinajstić information content (AvgIpc) is 3.10. The largest absolute Gasteiger partial charge is 0.504 e. The summed E-state index contributed by atoms with van der Waals surface area (Å²) in [6.07, 6.45) is 0.111. The van der Waals surface area contributed by atoms with Gasteiger partial charge in [-0.3, -0.25) is 14.4 Å². The van der Waals surface area contributed by atoms with Crippen LogP contribution >= 0.6 is 11.6 Å². The lowest BCUT2D eigenvalue weighted by molar-refractivity contribution is -0.137. The molecule has 1 aromatic carbocycles. The number of nitrogens with zero attached hydrogens (tertiary/aromatic N) is 8. The molecule has 3 aromatic heterocycles. The predicted molar refractivity (Wildman–Crippen MR) is 187 cm³/mol. The number of methoxy groups -OCH3 is 1. The van der Waals surface area contributed by atoms with Crippen LogP contribution in [0.3, 0.4) is 0 Å². The number of nitrogens with one attached hydrogen (secondary N) is 1. The molecule has 2 fully saturated rings. The number of alkyl halides is 3. The van der Waals surface area contributed by atoms with E-state index < -0.39 is 29.0 Å². The summed E-state index contributed by atoms with van der Waals surface area (Å²) in [4.78, 5) is 63.8. The zero-order valence-corrected chi connectivity index (χ0v) is 29.6. The maximum atomic E-state index is 14.4. The van der Waals surface area contributed by atoms with Crippen LogP contribution in [0, 0.1) is 6.92 Å². The van der Waals surface area contributed by atoms with Gasteiger partial charge in [0.1, 0.15) is 24.4 Å². The number of aryl methyl sites for hydroxylation is 1. The third-order valence-corrected chi connectivity index (χ3v) is 9.95. The maximum Gasteiger partial charge on any atom is 0.416 e. The fraction of sp³-hybridized carbons (Fsp3) is 0.441. The molecular formula is C34H37ClF3N9O5. The van der Waals surface area contributed by atoms with Gasteiger partial charge in [0.25, 0.3) is 5.91 Å². The molecule has 6 rings (SSSR count). The number of halogens is 4. The minimum Gasteiger partial charge on any atom is -0.504 e. The number of hydrogen-bond acceptors (Lipinski definition) is 11. The number of hydrogen-bond donors (Lipinski definition) is 2. The number of rotatable bonds is 9. The molecule has 18 heteroatoms. The molecule has 1 aliphatic heterocycles. The van der Waals surface area contributed by atoms with Crippen molar-refractivity contribution in [3.8, 4) is 5.75 Å². The van der Waals surface area contributed by atoms with Gasteiger partial charge >= 0.3 is 6.18 Å². The van der Waals surface area contributed by atoms with E-state index in [2.05, 4.69) is 20.3 Å². The minimum atomic E-state index is -4.61. The normalized spacial score (nSPS) is 17.6. The van der Waals surface area contributed by atoms with E-state index >= 15 is 0 Å². The topological polar surface area (TPSA) is 159 Å².